The number of hydrogen-bond donors (Lipinski definition) is 1. The molecule has 124 valence electrons. The first-order valence-corrected chi connectivity index (χ1v) is 8.41. The fourth-order valence-corrected chi connectivity index (χ4v) is 3.19. The van der Waals surface area contributed by atoms with E-state index < -0.39 is 0 Å². The largest absolute Gasteiger partial charge is 0.497 e. The second kappa shape index (κ2) is 7.02. The predicted molar refractivity (Wildman–Crippen MR) is 87.4 cm³/mol. The van der Waals surface area contributed by atoms with Gasteiger partial charge in [-0.25, -0.2) is 0 Å². The molecule has 0 radical (unpaired) electrons. The minimum Gasteiger partial charge on any atom is -0.497 e. The maximum absolute atomic E-state index is 12.3. The molecule has 0 bridgehead atoms. The van der Waals surface area contributed by atoms with Crippen LogP contribution in [0.3, 0.4) is 0 Å². The summed E-state index contributed by atoms with van der Waals surface area (Å²) in [6, 6.07) is 7.30. The summed E-state index contributed by atoms with van der Waals surface area (Å²) in [6.07, 6.45) is 4.93. The minimum atomic E-state index is -0.0762. The third-order valence-electron chi connectivity index (χ3n) is 4.93. The number of nitrogens with zero attached hydrogens (tertiary/aromatic N) is 1. The molecule has 1 aromatic carbocycles. The lowest BCUT2D eigenvalue weighted by molar-refractivity contribution is -0.139. The molecule has 1 aliphatic carbocycles. The Hall–Kier alpha value is -2.04. The first kappa shape index (κ1) is 15.8. The molecular weight excluding hydrogens is 292 g/mol. The van der Waals surface area contributed by atoms with Gasteiger partial charge < -0.3 is 15.0 Å². The number of likely N-dealkylation sites (tertiary alicyclic amines) is 1. The van der Waals surface area contributed by atoms with E-state index in [4.69, 9.17) is 4.74 Å². The molecule has 2 fully saturated rings. The van der Waals surface area contributed by atoms with Crippen molar-refractivity contribution in [1.29, 1.82) is 0 Å². The van der Waals surface area contributed by atoms with Gasteiger partial charge in [0, 0.05) is 30.6 Å². The zero-order chi connectivity index (χ0) is 16.2. The van der Waals surface area contributed by atoms with Crippen LogP contribution >= 0.6 is 0 Å². The molecule has 1 saturated carbocycles. The van der Waals surface area contributed by atoms with Crippen molar-refractivity contribution < 1.29 is 14.3 Å². The topological polar surface area (TPSA) is 58.6 Å². The van der Waals surface area contributed by atoms with Crippen LogP contribution in [-0.2, 0) is 4.79 Å². The smallest absolute Gasteiger partial charge is 0.251 e. The molecule has 5 nitrogen and oxygen atoms in total. The lowest BCUT2D eigenvalue weighted by Crippen LogP contribution is -2.48. The summed E-state index contributed by atoms with van der Waals surface area (Å²) >= 11 is 0. The molecule has 3 rings (SSSR count). The van der Waals surface area contributed by atoms with E-state index in [1.807, 2.05) is 17.0 Å². The van der Waals surface area contributed by atoms with E-state index >= 15 is 0 Å². The van der Waals surface area contributed by atoms with Gasteiger partial charge >= 0.3 is 0 Å². The minimum absolute atomic E-state index is 0.0762. The van der Waals surface area contributed by atoms with Crippen LogP contribution in [0.25, 0.3) is 0 Å². The van der Waals surface area contributed by atoms with Crippen molar-refractivity contribution in [2.45, 2.75) is 38.1 Å². The van der Waals surface area contributed by atoms with Gasteiger partial charge in [0.25, 0.3) is 5.91 Å². The zero-order valence-corrected chi connectivity index (χ0v) is 13.6. The van der Waals surface area contributed by atoms with Crippen molar-refractivity contribution in [2.75, 3.05) is 20.2 Å². The van der Waals surface area contributed by atoms with Crippen LogP contribution in [0.1, 0.15) is 42.5 Å². The van der Waals surface area contributed by atoms with Gasteiger partial charge in [-0.3, -0.25) is 9.59 Å². The average molecular weight is 316 g/mol. The molecule has 1 saturated heterocycles. The molecule has 2 aliphatic rings. The van der Waals surface area contributed by atoms with Gasteiger partial charge in [-0.15, -0.1) is 0 Å². The van der Waals surface area contributed by atoms with Crippen molar-refractivity contribution in [3.05, 3.63) is 29.8 Å². The average Bonchev–Trinajstić information content (AvgIpc) is 2.54. The van der Waals surface area contributed by atoms with Crippen LogP contribution in [0.2, 0.25) is 0 Å². The molecule has 0 spiro atoms. The third-order valence-corrected chi connectivity index (χ3v) is 4.93. The first-order chi connectivity index (χ1) is 11.2. The predicted octanol–water partition coefficient (Wildman–Crippen LogP) is 2.22. The molecule has 1 heterocycles. The van der Waals surface area contributed by atoms with E-state index in [1.54, 1.807) is 19.2 Å². The molecule has 2 amide bonds. The van der Waals surface area contributed by atoms with E-state index in [2.05, 4.69) is 5.32 Å². The Bertz CT molecular complexity index is 575. The van der Waals surface area contributed by atoms with Gasteiger partial charge in [-0.1, -0.05) is 12.5 Å². The van der Waals surface area contributed by atoms with Crippen molar-refractivity contribution in [3.63, 3.8) is 0 Å². The van der Waals surface area contributed by atoms with Gasteiger partial charge in [-0.05, 0) is 43.9 Å². The fraction of sp³-hybridized carbons (Fsp3) is 0.556. The fourth-order valence-electron chi connectivity index (χ4n) is 3.19. The highest BCUT2D eigenvalue weighted by molar-refractivity contribution is 5.94. The van der Waals surface area contributed by atoms with Crippen LogP contribution in [0.15, 0.2) is 24.3 Å². The standard InChI is InChI=1S/C18H24N2O3/c1-23-16-7-3-6-14(12-16)17(21)19-15-8-10-20(11-9-15)18(22)13-4-2-5-13/h3,6-7,12-13,15H,2,4-5,8-11H2,1H3,(H,19,21). The molecule has 0 atom stereocenters. The Balaban J connectivity index is 1.49. The molecule has 5 heteroatoms. The first-order valence-electron chi connectivity index (χ1n) is 8.41. The number of amides is 2. The summed E-state index contributed by atoms with van der Waals surface area (Å²) in [5.41, 5.74) is 0.609. The van der Waals surface area contributed by atoms with Crippen LogP contribution in [0.4, 0.5) is 0 Å². The zero-order valence-electron chi connectivity index (χ0n) is 13.6. The lowest BCUT2D eigenvalue weighted by atomic mass is 9.84. The summed E-state index contributed by atoms with van der Waals surface area (Å²) in [7, 11) is 1.59. The molecule has 0 unspecified atom stereocenters. The summed E-state index contributed by atoms with van der Waals surface area (Å²) in [4.78, 5) is 26.5. The summed E-state index contributed by atoms with van der Waals surface area (Å²) in [5, 5.41) is 3.07. The summed E-state index contributed by atoms with van der Waals surface area (Å²) < 4.78 is 5.15. The molecule has 23 heavy (non-hydrogen) atoms. The second-order valence-electron chi connectivity index (χ2n) is 6.43. The Labute approximate surface area is 137 Å². The van der Waals surface area contributed by atoms with Crippen LogP contribution in [0.5, 0.6) is 5.75 Å². The molecule has 1 N–H and O–H groups in total. The van der Waals surface area contributed by atoms with Gasteiger partial charge in [-0.2, -0.15) is 0 Å². The normalized spacial score (nSPS) is 19.1. The van der Waals surface area contributed by atoms with Gasteiger partial charge in [0.15, 0.2) is 0 Å². The number of carbonyl (C=O) groups excluding carboxylic acids is 2. The van der Waals surface area contributed by atoms with E-state index in [9.17, 15) is 9.59 Å². The maximum Gasteiger partial charge on any atom is 0.251 e. The van der Waals surface area contributed by atoms with E-state index in [-0.39, 0.29) is 17.9 Å². The number of hydrogen-bond acceptors (Lipinski definition) is 3. The highest BCUT2D eigenvalue weighted by Crippen LogP contribution is 2.29. The lowest BCUT2D eigenvalue weighted by Gasteiger charge is -2.36. The molecule has 1 aliphatic heterocycles. The van der Waals surface area contributed by atoms with Gasteiger partial charge in [0.05, 0.1) is 7.11 Å². The number of nitrogens with one attached hydrogen (secondary N) is 1. The molecule has 1 aromatic rings. The van der Waals surface area contributed by atoms with Crippen molar-refractivity contribution in [2.24, 2.45) is 5.92 Å². The molecule has 0 aromatic heterocycles. The third kappa shape index (κ3) is 3.66. The number of rotatable bonds is 4. The van der Waals surface area contributed by atoms with E-state index in [0.29, 0.717) is 17.2 Å². The Morgan fingerprint density at radius 2 is 1.91 bits per heavy atom. The Morgan fingerprint density at radius 3 is 2.52 bits per heavy atom. The van der Waals surface area contributed by atoms with Crippen LogP contribution < -0.4 is 10.1 Å². The van der Waals surface area contributed by atoms with Crippen molar-refractivity contribution >= 4 is 11.8 Å². The highest BCUT2D eigenvalue weighted by atomic mass is 16.5. The SMILES string of the molecule is COc1cccc(C(=O)NC2CCN(C(=O)C3CCC3)CC2)c1. The number of methoxy groups -OCH3 is 1. The van der Waals surface area contributed by atoms with Crippen LogP contribution in [0, 0.1) is 5.92 Å². The highest BCUT2D eigenvalue weighted by Gasteiger charge is 2.31. The Kier molecular flexibility index (Phi) is 4.84. The second-order valence-corrected chi connectivity index (χ2v) is 6.43. The number of carbonyl (C=O) groups is 2. The van der Waals surface area contributed by atoms with Crippen molar-refractivity contribution in [3.8, 4) is 5.75 Å². The summed E-state index contributed by atoms with van der Waals surface area (Å²) in [6.45, 7) is 1.50. The van der Waals surface area contributed by atoms with E-state index in [1.165, 1.54) is 6.42 Å². The Morgan fingerprint density at radius 1 is 1.17 bits per heavy atom. The van der Waals surface area contributed by atoms with Crippen molar-refractivity contribution in [1.82, 2.24) is 10.2 Å². The van der Waals surface area contributed by atoms with Crippen LogP contribution in [-0.4, -0.2) is 43.0 Å². The van der Waals surface area contributed by atoms with Gasteiger partial charge in [0.2, 0.25) is 5.91 Å². The monoisotopic (exact) mass is 316 g/mol. The van der Waals surface area contributed by atoms with E-state index in [0.717, 1.165) is 38.8 Å². The summed E-state index contributed by atoms with van der Waals surface area (Å²) in [5.74, 6) is 1.18. The van der Waals surface area contributed by atoms with Gasteiger partial charge in [0.1, 0.15) is 5.75 Å². The quantitative estimate of drug-likeness (QED) is 0.926. The number of ether oxygens (including phenoxy) is 1. The maximum atomic E-state index is 12.3. The number of benzene rings is 1. The number of piperidine rings is 1. The molecular formula is C18H24N2O3.